The van der Waals surface area contributed by atoms with Gasteiger partial charge in [0.15, 0.2) is 0 Å². The molecule has 1 aliphatic carbocycles. The molecular formula is C16H31N. The predicted molar refractivity (Wildman–Crippen MR) is 77.3 cm³/mol. The minimum Gasteiger partial charge on any atom is -0.314 e. The van der Waals surface area contributed by atoms with Crippen LogP contribution in [0.1, 0.15) is 65.7 Å². The highest BCUT2D eigenvalue weighted by atomic mass is 14.9. The molecule has 0 aliphatic heterocycles. The molecule has 0 saturated heterocycles. The average molecular weight is 237 g/mol. The Morgan fingerprint density at radius 1 is 1.41 bits per heavy atom. The average Bonchev–Trinajstić information content (AvgIpc) is 2.30. The van der Waals surface area contributed by atoms with E-state index >= 15 is 0 Å². The van der Waals surface area contributed by atoms with Gasteiger partial charge in [-0.1, -0.05) is 39.7 Å². The Morgan fingerprint density at radius 2 is 2.18 bits per heavy atom. The van der Waals surface area contributed by atoms with Gasteiger partial charge in [0.25, 0.3) is 0 Å². The van der Waals surface area contributed by atoms with Crippen molar-refractivity contribution in [2.75, 3.05) is 6.54 Å². The number of hydrogen-bond donors (Lipinski definition) is 1. The van der Waals surface area contributed by atoms with E-state index in [1.807, 2.05) is 0 Å². The summed E-state index contributed by atoms with van der Waals surface area (Å²) in [7, 11) is 0. The number of rotatable bonds is 7. The van der Waals surface area contributed by atoms with Crippen LogP contribution in [-0.2, 0) is 0 Å². The van der Waals surface area contributed by atoms with Crippen molar-refractivity contribution in [1.29, 1.82) is 0 Å². The molecular weight excluding hydrogens is 206 g/mol. The van der Waals surface area contributed by atoms with Gasteiger partial charge in [0.1, 0.15) is 0 Å². The van der Waals surface area contributed by atoms with Crippen LogP contribution >= 0.6 is 0 Å². The summed E-state index contributed by atoms with van der Waals surface area (Å²) in [5, 5.41) is 3.78. The largest absolute Gasteiger partial charge is 0.314 e. The van der Waals surface area contributed by atoms with E-state index in [2.05, 4.69) is 38.7 Å². The zero-order valence-corrected chi connectivity index (χ0v) is 12.1. The van der Waals surface area contributed by atoms with Crippen molar-refractivity contribution in [3.63, 3.8) is 0 Å². The molecule has 1 fully saturated rings. The van der Waals surface area contributed by atoms with Crippen LogP contribution in [0.25, 0.3) is 0 Å². The Kier molecular flexibility index (Phi) is 6.26. The van der Waals surface area contributed by atoms with E-state index in [-0.39, 0.29) is 0 Å². The lowest BCUT2D eigenvalue weighted by Crippen LogP contribution is -2.45. The monoisotopic (exact) mass is 237 g/mol. The summed E-state index contributed by atoms with van der Waals surface area (Å²) in [6.45, 7) is 12.2. The molecule has 1 rings (SSSR count). The van der Waals surface area contributed by atoms with Crippen LogP contribution in [0.2, 0.25) is 0 Å². The molecule has 0 spiro atoms. The summed E-state index contributed by atoms with van der Waals surface area (Å²) in [5.41, 5.74) is 0.519. The molecule has 0 aromatic rings. The Balaban J connectivity index is 2.61. The topological polar surface area (TPSA) is 12.0 Å². The van der Waals surface area contributed by atoms with Crippen molar-refractivity contribution >= 4 is 0 Å². The fourth-order valence-corrected chi connectivity index (χ4v) is 3.34. The molecule has 1 N–H and O–H groups in total. The lowest BCUT2D eigenvalue weighted by Gasteiger charge is -2.43. The first kappa shape index (κ1) is 14.8. The SMILES string of the molecule is C=CCCC(NCCC)C1CCCCC1(C)C. The van der Waals surface area contributed by atoms with Crippen LogP contribution in [0.3, 0.4) is 0 Å². The van der Waals surface area contributed by atoms with Crippen LogP contribution in [0.4, 0.5) is 0 Å². The molecule has 0 amide bonds. The van der Waals surface area contributed by atoms with Gasteiger partial charge in [0.05, 0.1) is 0 Å². The number of nitrogens with one attached hydrogen (secondary N) is 1. The second-order valence-electron chi connectivity index (χ2n) is 6.27. The Labute approximate surface area is 108 Å². The standard InChI is InChI=1S/C16H31N/c1-5-7-11-15(17-13-6-2)14-10-8-9-12-16(14,3)4/h5,14-15,17H,1,6-13H2,2-4H3. The third-order valence-electron chi connectivity index (χ3n) is 4.41. The summed E-state index contributed by atoms with van der Waals surface area (Å²) in [4.78, 5) is 0. The maximum atomic E-state index is 3.87. The van der Waals surface area contributed by atoms with Crippen LogP contribution in [-0.4, -0.2) is 12.6 Å². The summed E-state index contributed by atoms with van der Waals surface area (Å²) in [6, 6.07) is 0.697. The van der Waals surface area contributed by atoms with Crippen molar-refractivity contribution in [1.82, 2.24) is 5.32 Å². The Morgan fingerprint density at radius 3 is 2.76 bits per heavy atom. The van der Waals surface area contributed by atoms with Crippen LogP contribution in [0.15, 0.2) is 12.7 Å². The van der Waals surface area contributed by atoms with Crippen molar-refractivity contribution in [3.8, 4) is 0 Å². The molecule has 2 atom stereocenters. The van der Waals surface area contributed by atoms with Gasteiger partial charge in [0.2, 0.25) is 0 Å². The lowest BCUT2D eigenvalue weighted by atomic mass is 9.65. The van der Waals surface area contributed by atoms with Crippen LogP contribution in [0.5, 0.6) is 0 Å². The lowest BCUT2D eigenvalue weighted by molar-refractivity contribution is 0.0950. The molecule has 1 aliphatic rings. The van der Waals surface area contributed by atoms with Gasteiger partial charge in [-0.2, -0.15) is 0 Å². The molecule has 1 saturated carbocycles. The predicted octanol–water partition coefficient (Wildman–Crippen LogP) is 4.54. The van der Waals surface area contributed by atoms with Gasteiger partial charge < -0.3 is 5.32 Å². The molecule has 0 bridgehead atoms. The first-order valence-corrected chi connectivity index (χ1v) is 7.46. The van der Waals surface area contributed by atoms with E-state index in [1.54, 1.807) is 0 Å². The zero-order valence-electron chi connectivity index (χ0n) is 12.1. The van der Waals surface area contributed by atoms with Crippen molar-refractivity contribution in [2.24, 2.45) is 11.3 Å². The van der Waals surface area contributed by atoms with Crippen molar-refractivity contribution in [3.05, 3.63) is 12.7 Å². The summed E-state index contributed by atoms with van der Waals surface area (Å²) in [6.07, 6.45) is 11.4. The molecule has 0 aromatic heterocycles. The number of hydrogen-bond acceptors (Lipinski definition) is 1. The van der Waals surface area contributed by atoms with E-state index in [4.69, 9.17) is 0 Å². The fourth-order valence-electron chi connectivity index (χ4n) is 3.34. The van der Waals surface area contributed by atoms with Gasteiger partial charge in [-0.3, -0.25) is 0 Å². The first-order valence-electron chi connectivity index (χ1n) is 7.46. The highest BCUT2D eigenvalue weighted by Gasteiger charge is 2.36. The molecule has 1 nitrogen and oxygen atoms in total. The Hall–Kier alpha value is -0.300. The normalized spacial score (nSPS) is 25.5. The number of allylic oxidation sites excluding steroid dienone is 1. The summed E-state index contributed by atoms with van der Waals surface area (Å²) < 4.78 is 0. The smallest absolute Gasteiger partial charge is 0.0103 e. The molecule has 0 heterocycles. The maximum absolute atomic E-state index is 3.87. The highest BCUT2D eigenvalue weighted by Crippen LogP contribution is 2.43. The molecule has 100 valence electrons. The van der Waals surface area contributed by atoms with E-state index in [0.29, 0.717) is 11.5 Å². The quantitative estimate of drug-likeness (QED) is 0.641. The fraction of sp³-hybridized carbons (Fsp3) is 0.875. The summed E-state index contributed by atoms with van der Waals surface area (Å²) >= 11 is 0. The second kappa shape index (κ2) is 7.20. The van der Waals surface area contributed by atoms with E-state index in [1.165, 1.54) is 38.5 Å². The second-order valence-corrected chi connectivity index (χ2v) is 6.27. The molecule has 0 aromatic carbocycles. The van der Waals surface area contributed by atoms with Crippen molar-refractivity contribution in [2.45, 2.75) is 71.8 Å². The van der Waals surface area contributed by atoms with E-state index in [9.17, 15) is 0 Å². The third kappa shape index (κ3) is 4.46. The Bertz CT molecular complexity index is 220. The summed E-state index contributed by atoms with van der Waals surface area (Å²) in [5.74, 6) is 0.850. The highest BCUT2D eigenvalue weighted by molar-refractivity contribution is 4.91. The van der Waals surface area contributed by atoms with Crippen LogP contribution in [0, 0.1) is 11.3 Å². The van der Waals surface area contributed by atoms with Gasteiger partial charge in [-0.05, 0) is 50.0 Å². The minimum atomic E-state index is 0.519. The first-order chi connectivity index (χ1) is 8.11. The van der Waals surface area contributed by atoms with E-state index in [0.717, 1.165) is 18.9 Å². The van der Waals surface area contributed by atoms with E-state index < -0.39 is 0 Å². The van der Waals surface area contributed by atoms with Gasteiger partial charge in [0, 0.05) is 6.04 Å². The van der Waals surface area contributed by atoms with Gasteiger partial charge in [-0.15, -0.1) is 6.58 Å². The third-order valence-corrected chi connectivity index (χ3v) is 4.41. The zero-order chi connectivity index (χ0) is 12.7. The maximum Gasteiger partial charge on any atom is 0.0103 e. The van der Waals surface area contributed by atoms with Crippen LogP contribution < -0.4 is 5.32 Å². The van der Waals surface area contributed by atoms with Gasteiger partial charge in [-0.25, -0.2) is 0 Å². The van der Waals surface area contributed by atoms with Gasteiger partial charge >= 0.3 is 0 Å². The molecule has 1 heteroatoms. The molecule has 2 unspecified atom stereocenters. The minimum absolute atomic E-state index is 0.519. The molecule has 17 heavy (non-hydrogen) atoms. The van der Waals surface area contributed by atoms with Crippen molar-refractivity contribution < 1.29 is 0 Å². The molecule has 0 radical (unpaired) electrons.